The van der Waals surface area contributed by atoms with Gasteiger partial charge in [-0.3, -0.25) is 10.1 Å². The average Bonchev–Trinajstić information content (AvgIpc) is 2.26. The molecule has 0 saturated heterocycles. The second-order valence-electron chi connectivity index (χ2n) is 2.69. The van der Waals surface area contributed by atoms with E-state index in [1.165, 1.54) is 12.1 Å². The number of ether oxygens (including phenoxy) is 1. The van der Waals surface area contributed by atoms with Gasteiger partial charge in [-0.1, -0.05) is 24.8 Å². The number of rotatable bonds is 4. The van der Waals surface area contributed by atoms with E-state index in [0.29, 0.717) is 5.56 Å². The lowest BCUT2D eigenvalue weighted by Crippen LogP contribution is -2.17. The molecule has 5 nitrogen and oxygen atoms in total. The normalized spacial score (nSPS) is 11.5. The van der Waals surface area contributed by atoms with Crippen LogP contribution in [-0.4, -0.2) is 10.9 Å². The largest absolute Gasteiger partial charge is 0.391 e. The molecule has 15 heavy (non-hydrogen) atoms. The molecule has 0 saturated carbocycles. The summed E-state index contributed by atoms with van der Waals surface area (Å²) in [6.07, 6.45) is -0.587. The molecule has 5 heteroatoms. The molecule has 1 aromatic rings. The van der Waals surface area contributed by atoms with E-state index >= 15 is 0 Å². The van der Waals surface area contributed by atoms with Crippen molar-refractivity contribution in [2.24, 2.45) is 0 Å². The van der Waals surface area contributed by atoms with Gasteiger partial charge in [0.05, 0.1) is 10.5 Å². The summed E-state index contributed by atoms with van der Waals surface area (Å²) >= 11 is 0. The third-order valence-corrected chi connectivity index (χ3v) is 1.67. The molecule has 0 spiro atoms. The predicted molar refractivity (Wildman–Crippen MR) is 52.5 cm³/mol. The molecule has 0 aliphatic rings. The second kappa shape index (κ2) is 4.90. The molecule has 0 N–H and O–H groups in total. The fourth-order valence-electron chi connectivity index (χ4n) is 1.01. The van der Waals surface area contributed by atoms with E-state index in [2.05, 4.69) is 11.3 Å². The van der Waals surface area contributed by atoms with Crippen LogP contribution in [0.4, 0.5) is 0 Å². The Morgan fingerprint density at radius 1 is 1.47 bits per heavy atom. The summed E-state index contributed by atoms with van der Waals surface area (Å²) in [4.78, 5) is 20.8. The zero-order valence-electron chi connectivity index (χ0n) is 7.83. The lowest BCUT2D eigenvalue weighted by atomic mass is 10.2. The molecule has 0 aliphatic heterocycles. The number of nitrogens with zero attached hydrogens (tertiary/aromatic N) is 1. The minimum absolute atomic E-state index is 0.317. The third kappa shape index (κ3) is 2.91. The molecular formula is C10H9NO4. The number of carbonyl (C=O) groups is 1. The van der Waals surface area contributed by atoms with Crippen LogP contribution >= 0.6 is 0 Å². The minimum Gasteiger partial charge on any atom is -0.391 e. The Bertz CT molecular complexity index is 374. The quantitative estimate of drug-likeness (QED) is 0.247. The molecule has 0 fully saturated rings. The van der Waals surface area contributed by atoms with Crippen LogP contribution in [-0.2, 0) is 9.53 Å². The van der Waals surface area contributed by atoms with Gasteiger partial charge in [0.2, 0.25) is 0 Å². The highest BCUT2D eigenvalue weighted by atomic mass is 16.7. The van der Waals surface area contributed by atoms with Gasteiger partial charge in [-0.05, 0) is 12.1 Å². The highest BCUT2D eigenvalue weighted by Gasteiger charge is 2.25. The first-order valence-electron chi connectivity index (χ1n) is 4.16. The van der Waals surface area contributed by atoms with Crippen LogP contribution in [0.2, 0.25) is 0 Å². The Kier molecular flexibility index (Phi) is 3.56. The summed E-state index contributed by atoms with van der Waals surface area (Å²) in [5, 5.41) is 10.6. The standard InChI is InChI=1S/C10H9NO4/c1-2-9(12)15-10(11(13)14)8-6-4-3-5-7-8/h2-7,10H,1H2. The van der Waals surface area contributed by atoms with Crippen molar-refractivity contribution in [2.45, 2.75) is 6.23 Å². The first-order chi connectivity index (χ1) is 7.15. The minimum atomic E-state index is -1.48. The van der Waals surface area contributed by atoms with Gasteiger partial charge in [-0.25, -0.2) is 4.79 Å². The summed E-state index contributed by atoms with van der Waals surface area (Å²) < 4.78 is 4.59. The maximum absolute atomic E-state index is 10.9. The Hall–Kier alpha value is -2.17. The SMILES string of the molecule is C=CC(=O)OC(c1ccccc1)[N+](=O)[O-]. The highest BCUT2D eigenvalue weighted by Crippen LogP contribution is 2.17. The van der Waals surface area contributed by atoms with Crippen molar-refractivity contribution in [1.29, 1.82) is 0 Å². The second-order valence-corrected chi connectivity index (χ2v) is 2.69. The maximum Gasteiger partial charge on any atom is 0.383 e. The molecule has 0 heterocycles. The average molecular weight is 207 g/mol. The van der Waals surface area contributed by atoms with E-state index in [4.69, 9.17) is 0 Å². The van der Waals surface area contributed by atoms with Crippen LogP contribution in [0.15, 0.2) is 43.0 Å². The number of hydrogen-bond donors (Lipinski definition) is 0. The van der Waals surface area contributed by atoms with E-state index in [1.807, 2.05) is 0 Å². The molecule has 0 bridgehead atoms. The third-order valence-electron chi connectivity index (χ3n) is 1.67. The van der Waals surface area contributed by atoms with Crippen molar-refractivity contribution in [3.05, 3.63) is 58.7 Å². The van der Waals surface area contributed by atoms with Crippen molar-refractivity contribution < 1.29 is 14.5 Å². The Morgan fingerprint density at radius 3 is 2.53 bits per heavy atom. The van der Waals surface area contributed by atoms with Crippen LogP contribution in [0, 0.1) is 10.1 Å². The molecule has 1 aromatic carbocycles. The lowest BCUT2D eigenvalue weighted by Gasteiger charge is -2.08. The smallest absolute Gasteiger partial charge is 0.383 e. The topological polar surface area (TPSA) is 69.4 Å². The molecule has 0 aromatic heterocycles. The van der Waals surface area contributed by atoms with Crippen molar-refractivity contribution in [3.63, 3.8) is 0 Å². The van der Waals surface area contributed by atoms with Crippen LogP contribution < -0.4 is 0 Å². The monoisotopic (exact) mass is 207 g/mol. The van der Waals surface area contributed by atoms with Gasteiger partial charge in [-0.15, -0.1) is 0 Å². The van der Waals surface area contributed by atoms with Gasteiger partial charge >= 0.3 is 12.2 Å². The number of carbonyl (C=O) groups excluding carboxylic acids is 1. The lowest BCUT2D eigenvalue weighted by molar-refractivity contribution is -0.575. The Morgan fingerprint density at radius 2 is 2.07 bits per heavy atom. The fourth-order valence-corrected chi connectivity index (χ4v) is 1.01. The number of nitro groups is 1. The molecule has 0 aliphatic carbocycles. The van der Waals surface area contributed by atoms with Gasteiger partial charge in [0.15, 0.2) is 0 Å². The van der Waals surface area contributed by atoms with Crippen molar-refractivity contribution in [2.75, 3.05) is 0 Å². The molecule has 0 amide bonds. The van der Waals surface area contributed by atoms with Gasteiger partial charge in [0.25, 0.3) is 0 Å². The molecule has 78 valence electrons. The summed E-state index contributed by atoms with van der Waals surface area (Å²) in [5.41, 5.74) is 0.317. The van der Waals surface area contributed by atoms with Gasteiger partial charge < -0.3 is 4.74 Å². The molecule has 0 radical (unpaired) electrons. The van der Waals surface area contributed by atoms with E-state index in [9.17, 15) is 14.9 Å². The first-order valence-corrected chi connectivity index (χ1v) is 4.16. The van der Waals surface area contributed by atoms with Gasteiger partial charge in [-0.2, -0.15) is 0 Å². The van der Waals surface area contributed by atoms with E-state index in [1.54, 1.807) is 18.2 Å². The maximum atomic E-state index is 10.9. The van der Waals surface area contributed by atoms with Crippen LogP contribution in [0.3, 0.4) is 0 Å². The molecular weight excluding hydrogens is 198 g/mol. The number of hydrogen-bond acceptors (Lipinski definition) is 4. The predicted octanol–water partition coefficient (Wildman–Crippen LogP) is 1.69. The van der Waals surface area contributed by atoms with E-state index < -0.39 is 17.1 Å². The van der Waals surface area contributed by atoms with Crippen molar-refractivity contribution >= 4 is 5.97 Å². The van der Waals surface area contributed by atoms with Crippen LogP contribution in [0.1, 0.15) is 11.8 Å². The van der Waals surface area contributed by atoms with Gasteiger partial charge in [0, 0.05) is 6.08 Å². The van der Waals surface area contributed by atoms with Crippen molar-refractivity contribution in [3.8, 4) is 0 Å². The summed E-state index contributed by atoms with van der Waals surface area (Å²) in [5.74, 6) is -0.819. The number of benzene rings is 1. The Labute approximate surface area is 86.1 Å². The number of esters is 1. The molecule has 1 atom stereocenters. The summed E-state index contributed by atoms with van der Waals surface area (Å²) in [6, 6.07) is 8.02. The first kappa shape index (κ1) is 10.9. The zero-order valence-corrected chi connectivity index (χ0v) is 7.83. The fraction of sp³-hybridized carbons (Fsp3) is 0.100. The van der Waals surface area contributed by atoms with E-state index in [-0.39, 0.29) is 0 Å². The summed E-state index contributed by atoms with van der Waals surface area (Å²) in [7, 11) is 0. The zero-order chi connectivity index (χ0) is 11.3. The van der Waals surface area contributed by atoms with E-state index in [0.717, 1.165) is 6.08 Å². The van der Waals surface area contributed by atoms with Crippen LogP contribution in [0.5, 0.6) is 0 Å². The summed E-state index contributed by atoms with van der Waals surface area (Å²) in [6.45, 7) is 3.17. The highest BCUT2D eigenvalue weighted by molar-refractivity contribution is 5.81. The van der Waals surface area contributed by atoms with Crippen LogP contribution in [0.25, 0.3) is 0 Å². The van der Waals surface area contributed by atoms with Crippen molar-refractivity contribution in [1.82, 2.24) is 0 Å². The van der Waals surface area contributed by atoms with Gasteiger partial charge in [0.1, 0.15) is 0 Å². The molecule has 1 unspecified atom stereocenters. The molecule has 1 rings (SSSR count). The Balaban J connectivity index is 2.89.